The summed E-state index contributed by atoms with van der Waals surface area (Å²) >= 11 is 0. The fraction of sp³-hybridized carbons (Fsp3) is 0.594. The van der Waals surface area contributed by atoms with E-state index in [1.54, 1.807) is 12.1 Å². The Morgan fingerprint density at radius 3 is 2.05 bits per heavy atom. The van der Waals surface area contributed by atoms with Gasteiger partial charge in [-0.2, -0.15) is 8.78 Å². The van der Waals surface area contributed by atoms with Crippen LogP contribution in [0.25, 0.3) is 0 Å². The van der Waals surface area contributed by atoms with Gasteiger partial charge in [0.2, 0.25) is 11.6 Å². The standard InChI is InChI=1S/C32H44F2O3/c1-3-5-7-8-9-11-23-36-28-21-22-29(31(34)30(28)33)37-32(35)27-19-17-26(18-20-27)25-15-13-24(14-16-25)12-10-6-4-2/h17-22,24-25H,3-16,23H2,1-2H3. The van der Waals surface area contributed by atoms with E-state index in [1.165, 1.54) is 88.3 Å². The lowest BCUT2D eigenvalue weighted by molar-refractivity contribution is 0.0726. The number of ether oxygens (including phenoxy) is 2. The zero-order valence-corrected chi connectivity index (χ0v) is 22.7. The van der Waals surface area contributed by atoms with E-state index in [1.807, 2.05) is 12.1 Å². The van der Waals surface area contributed by atoms with Crippen molar-refractivity contribution in [2.24, 2.45) is 5.92 Å². The van der Waals surface area contributed by atoms with Crippen molar-refractivity contribution in [2.75, 3.05) is 6.61 Å². The first kappa shape index (κ1) is 29.1. The molecular formula is C32H44F2O3. The van der Waals surface area contributed by atoms with Crippen molar-refractivity contribution in [3.8, 4) is 11.5 Å². The Morgan fingerprint density at radius 1 is 0.757 bits per heavy atom. The fourth-order valence-electron chi connectivity index (χ4n) is 5.29. The second-order valence-corrected chi connectivity index (χ2v) is 10.5. The molecule has 0 heterocycles. The molecule has 0 N–H and O–H groups in total. The van der Waals surface area contributed by atoms with Crippen LogP contribution in [0.3, 0.4) is 0 Å². The number of esters is 1. The largest absolute Gasteiger partial charge is 0.490 e. The van der Waals surface area contributed by atoms with Gasteiger partial charge in [0.15, 0.2) is 11.5 Å². The van der Waals surface area contributed by atoms with Gasteiger partial charge in [0, 0.05) is 0 Å². The minimum atomic E-state index is -1.21. The van der Waals surface area contributed by atoms with Crippen molar-refractivity contribution < 1.29 is 23.0 Å². The molecule has 0 saturated heterocycles. The van der Waals surface area contributed by atoms with Crippen molar-refractivity contribution in [1.82, 2.24) is 0 Å². The molecular weight excluding hydrogens is 470 g/mol. The zero-order chi connectivity index (χ0) is 26.5. The number of hydrogen-bond acceptors (Lipinski definition) is 3. The summed E-state index contributed by atoms with van der Waals surface area (Å²) in [6, 6.07) is 9.94. The topological polar surface area (TPSA) is 35.5 Å². The Morgan fingerprint density at radius 2 is 1.35 bits per heavy atom. The van der Waals surface area contributed by atoms with Crippen molar-refractivity contribution in [1.29, 1.82) is 0 Å². The van der Waals surface area contributed by atoms with Crippen LogP contribution in [-0.2, 0) is 0 Å². The minimum Gasteiger partial charge on any atom is -0.490 e. The molecule has 0 atom stereocenters. The molecule has 3 rings (SSSR count). The van der Waals surface area contributed by atoms with Gasteiger partial charge in [0.05, 0.1) is 12.2 Å². The van der Waals surface area contributed by atoms with Crippen LogP contribution >= 0.6 is 0 Å². The summed E-state index contributed by atoms with van der Waals surface area (Å²) in [7, 11) is 0. The van der Waals surface area contributed by atoms with E-state index in [4.69, 9.17) is 9.47 Å². The van der Waals surface area contributed by atoms with Gasteiger partial charge in [0.25, 0.3) is 0 Å². The second-order valence-electron chi connectivity index (χ2n) is 10.5. The van der Waals surface area contributed by atoms with Crippen LogP contribution in [0.4, 0.5) is 8.78 Å². The molecule has 204 valence electrons. The molecule has 0 amide bonds. The molecule has 0 aliphatic heterocycles. The molecule has 0 spiro atoms. The quantitative estimate of drug-likeness (QED) is 0.135. The first-order valence-electron chi connectivity index (χ1n) is 14.5. The molecule has 0 radical (unpaired) electrons. The number of halogens is 2. The van der Waals surface area contributed by atoms with Crippen LogP contribution in [0.2, 0.25) is 0 Å². The van der Waals surface area contributed by atoms with E-state index >= 15 is 0 Å². The van der Waals surface area contributed by atoms with Gasteiger partial charge < -0.3 is 9.47 Å². The predicted octanol–water partition coefficient (Wildman–Crippen LogP) is 9.78. The van der Waals surface area contributed by atoms with Gasteiger partial charge in [-0.25, -0.2) is 4.79 Å². The third-order valence-corrected chi connectivity index (χ3v) is 7.65. The Kier molecular flexibility index (Phi) is 12.4. The summed E-state index contributed by atoms with van der Waals surface area (Å²) in [5, 5.41) is 0. The maximum absolute atomic E-state index is 14.6. The SMILES string of the molecule is CCCCCCCCOc1ccc(OC(=O)c2ccc(C3CCC(CCCCC)CC3)cc2)c(F)c1F. The average Bonchev–Trinajstić information content (AvgIpc) is 2.92. The smallest absolute Gasteiger partial charge is 0.343 e. The third kappa shape index (κ3) is 9.12. The van der Waals surface area contributed by atoms with Gasteiger partial charge in [0.1, 0.15) is 0 Å². The molecule has 1 saturated carbocycles. The average molecular weight is 515 g/mol. The number of benzene rings is 2. The molecule has 0 bridgehead atoms. The maximum Gasteiger partial charge on any atom is 0.343 e. The van der Waals surface area contributed by atoms with E-state index in [0.717, 1.165) is 25.2 Å². The lowest BCUT2D eigenvalue weighted by atomic mass is 9.77. The molecule has 1 fully saturated rings. The van der Waals surface area contributed by atoms with Crippen LogP contribution in [0.15, 0.2) is 36.4 Å². The Bertz CT molecular complexity index is 949. The van der Waals surface area contributed by atoms with Crippen LogP contribution in [0.1, 0.15) is 126 Å². The van der Waals surface area contributed by atoms with Gasteiger partial charge in [-0.15, -0.1) is 0 Å². The number of carbonyl (C=O) groups is 1. The molecule has 3 nitrogen and oxygen atoms in total. The molecule has 1 aliphatic rings. The van der Waals surface area contributed by atoms with E-state index in [0.29, 0.717) is 18.1 Å². The number of carbonyl (C=O) groups excluding carboxylic acids is 1. The summed E-state index contributed by atoms with van der Waals surface area (Å²) in [5.74, 6) is -2.26. The van der Waals surface area contributed by atoms with Gasteiger partial charge >= 0.3 is 5.97 Å². The highest BCUT2D eigenvalue weighted by Gasteiger charge is 2.23. The summed E-state index contributed by atoms with van der Waals surface area (Å²) < 4.78 is 39.6. The molecule has 0 aromatic heterocycles. The predicted molar refractivity (Wildman–Crippen MR) is 145 cm³/mol. The second kappa shape index (κ2) is 15.7. The summed E-state index contributed by atoms with van der Waals surface area (Å²) in [6.45, 7) is 4.74. The van der Waals surface area contributed by atoms with Crippen molar-refractivity contribution in [3.05, 3.63) is 59.2 Å². The van der Waals surface area contributed by atoms with Crippen molar-refractivity contribution in [2.45, 2.75) is 110 Å². The normalized spacial score (nSPS) is 17.5. The molecule has 5 heteroatoms. The lowest BCUT2D eigenvalue weighted by Gasteiger charge is -2.29. The molecule has 1 aliphatic carbocycles. The fourth-order valence-corrected chi connectivity index (χ4v) is 5.29. The molecule has 0 unspecified atom stereocenters. The van der Waals surface area contributed by atoms with Crippen LogP contribution in [-0.4, -0.2) is 12.6 Å². The summed E-state index contributed by atoms with van der Waals surface area (Å²) in [4.78, 5) is 12.6. The molecule has 37 heavy (non-hydrogen) atoms. The van der Waals surface area contributed by atoms with Crippen molar-refractivity contribution >= 4 is 5.97 Å². The highest BCUT2D eigenvalue weighted by Crippen LogP contribution is 2.38. The van der Waals surface area contributed by atoms with Gasteiger partial charge in [-0.3, -0.25) is 0 Å². The highest BCUT2D eigenvalue weighted by molar-refractivity contribution is 5.91. The van der Waals surface area contributed by atoms with Gasteiger partial charge in [-0.05, 0) is 73.8 Å². The van der Waals surface area contributed by atoms with Crippen LogP contribution in [0.5, 0.6) is 11.5 Å². The number of hydrogen-bond donors (Lipinski definition) is 0. The monoisotopic (exact) mass is 514 g/mol. The number of unbranched alkanes of at least 4 members (excludes halogenated alkanes) is 7. The number of rotatable bonds is 15. The third-order valence-electron chi connectivity index (χ3n) is 7.65. The van der Waals surface area contributed by atoms with Crippen molar-refractivity contribution in [3.63, 3.8) is 0 Å². The Labute approximate surface area is 222 Å². The van der Waals surface area contributed by atoms with Crippen LogP contribution < -0.4 is 9.47 Å². The minimum absolute atomic E-state index is 0.157. The first-order chi connectivity index (χ1) is 18.0. The molecule has 2 aromatic carbocycles. The molecule has 2 aromatic rings. The van der Waals surface area contributed by atoms with E-state index in [-0.39, 0.29) is 5.75 Å². The van der Waals surface area contributed by atoms with Crippen LogP contribution in [0, 0.1) is 17.6 Å². The Hall–Kier alpha value is -2.43. The van der Waals surface area contributed by atoms with Gasteiger partial charge in [-0.1, -0.05) is 83.8 Å². The highest BCUT2D eigenvalue weighted by atomic mass is 19.2. The summed E-state index contributed by atoms with van der Waals surface area (Å²) in [6.07, 6.45) is 16.6. The first-order valence-corrected chi connectivity index (χ1v) is 14.5. The lowest BCUT2D eigenvalue weighted by Crippen LogP contribution is -2.14. The zero-order valence-electron chi connectivity index (χ0n) is 22.7. The van der Waals surface area contributed by atoms with E-state index in [2.05, 4.69) is 13.8 Å². The van der Waals surface area contributed by atoms with E-state index < -0.39 is 23.4 Å². The Balaban J connectivity index is 1.47. The maximum atomic E-state index is 14.6. The van der Waals surface area contributed by atoms with E-state index in [9.17, 15) is 13.6 Å². The summed E-state index contributed by atoms with van der Waals surface area (Å²) in [5.41, 5.74) is 1.55.